The third-order valence-electron chi connectivity index (χ3n) is 5.12. The molecule has 0 saturated heterocycles. The van der Waals surface area contributed by atoms with Gasteiger partial charge in [0.25, 0.3) is 5.91 Å². The Balaban J connectivity index is 1.27. The molecule has 1 saturated carbocycles. The number of hydrogen-bond acceptors (Lipinski definition) is 5. The van der Waals surface area contributed by atoms with E-state index in [0.29, 0.717) is 29.6 Å². The van der Waals surface area contributed by atoms with E-state index >= 15 is 0 Å². The highest BCUT2D eigenvalue weighted by Crippen LogP contribution is 2.37. The van der Waals surface area contributed by atoms with Crippen LogP contribution in [0.15, 0.2) is 71.0 Å². The molecule has 3 heterocycles. The third-order valence-corrected chi connectivity index (χ3v) is 6.34. The molecule has 0 spiro atoms. The van der Waals surface area contributed by atoms with Crippen LogP contribution in [0.2, 0.25) is 5.02 Å². The summed E-state index contributed by atoms with van der Waals surface area (Å²) in [5.41, 5.74) is 2.46. The first-order chi connectivity index (χ1) is 15.2. The van der Waals surface area contributed by atoms with Crippen molar-refractivity contribution in [2.24, 2.45) is 0 Å². The summed E-state index contributed by atoms with van der Waals surface area (Å²) in [6.07, 6.45) is 8.50. The molecule has 0 bridgehead atoms. The van der Waals surface area contributed by atoms with Gasteiger partial charge < -0.3 is 5.32 Å². The van der Waals surface area contributed by atoms with E-state index in [1.54, 1.807) is 36.3 Å². The molecule has 31 heavy (non-hydrogen) atoms. The lowest BCUT2D eigenvalue weighted by Gasteiger charge is -2.06. The summed E-state index contributed by atoms with van der Waals surface area (Å²) >= 11 is 7.66. The second-order valence-corrected chi connectivity index (χ2v) is 8.98. The van der Waals surface area contributed by atoms with Crippen LogP contribution in [0.3, 0.4) is 0 Å². The fourth-order valence-electron chi connectivity index (χ4n) is 3.36. The number of pyridine rings is 2. The molecule has 1 amide bonds. The Morgan fingerprint density at radius 3 is 2.90 bits per heavy atom. The molecule has 1 aliphatic rings. The standard InChI is InChI=1S/C23H20ClN5OS/c24-17-7-10-26-22(13-17)31-21-14-29(18-4-5-18)28-20(21)8-11-27-23(30)16-3-6-19-15(12-16)2-1-9-25-19/h1-3,6-7,9-10,12-14,18H,4-5,8,11H2,(H,27,30). The summed E-state index contributed by atoms with van der Waals surface area (Å²) in [6, 6.07) is 13.5. The van der Waals surface area contributed by atoms with Gasteiger partial charge in [-0.1, -0.05) is 29.4 Å². The van der Waals surface area contributed by atoms with Crippen LogP contribution in [0.1, 0.15) is 34.9 Å². The zero-order valence-electron chi connectivity index (χ0n) is 16.7. The lowest BCUT2D eigenvalue weighted by molar-refractivity contribution is 0.0954. The third kappa shape index (κ3) is 4.73. The minimum atomic E-state index is -0.0990. The molecule has 1 N–H and O–H groups in total. The first kappa shape index (κ1) is 20.0. The molecule has 1 aromatic carbocycles. The van der Waals surface area contributed by atoms with E-state index in [1.807, 2.05) is 35.0 Å². The van der Waals surface area contributed by atoms with Crippen molar-refractivity contribution in [3.63, 3.8) is 0 Å². The normalized spacial score (nSPS) is 13.5. The van der Waals surface area contributed by atoms with E-state index in [2.05, 4.69) is 21.5 Å². The van der Waals surface area contributed by atoms with Gasteiger partial charge in [-0.05, 0) is 49.2 Å². The van der Waals surface area contributed by atoms with E-state index in [4.69, 9.17) is 16.7 Å². The van der Waals surface area contributed by atoms with Crippen LogP contribution in [0.25, 0.3) is 10.9 Å². The first-order valence-electron chi connectivity index (χ1n) is 10.2. The van der Waals surface area contributed by atoms with Crippen LogP contribution in [-0.4, -0.2) is 32.2 Å². The van der Waals surface area contributed by atoms with Gasteiger partial charge in [0.05, 0.1) is 22.1 Å². The summed E-state index contributed by atoms with van der Waals surface area (Å²) in [5.74, 6) is -0.0990. The van der Waals surface area contributed by atoms with Crippen molar-refractivity contribution in [3.8, 4) is 0 Å². The number of nitrogens with zero attached hydrogens (tertiary/aromatic N) is 4. The summed E-state index contributed by atoms with van der Waals surface area (Å²) in [7, 11) is 0. The van der Waals surface area contributed by atoms with Crippen molar-refractivity contribution in [1.82, 2.24) is 25.1 Å². The topological polar surface area (TPSA) is 72.7 Å². The minimum absolute atomic E-state index is 0.0990. The van der Waals surface area contributed by atoms with E-state index in [9.17, 15) is 4.79 Å². The maximum absolute atomic E-state index is 12.6. The summed E-state index contributed by atoms with van der Waals surface area (Å²) in [6.45, 7) is 0.502. The van der Waals surface area contributed by atoms with E-state index in [-0.39, 0.29) is 5.91 Å². The Bertz CT molecular complexity index is 1250. The highest BCUT2D eigenvalue weighted by Gasteiger charge is 2.26. The molecule has 1 fully saturated rings. The molecule has 3 aromatic heterocycles. The van der Waals surface area contributed by atoms with Crippen molar-refractivity contribution >= 4 is 40.2 Å². The highest BCUT2D eigenvalue weighted by molar-refractivity contribution is 7.99. The maximum Gasteiger partial charge on any atom is 0.251 e. The summed E-state index contributed by atoms with van der Waals surface area (Å²) < 4.78 is 2.04. The van der Waals surface area contributed by atoms with Crippen LogP contribution in [0.4, 0.5) is 0 Å². The van der Waals surface area contributed by atoms with Crippen molar-refractivity contribution in [3.05, 3.63) is 77.3 Å². The van der Waals surface area contributed by atoms with Crippen molar-refractivity contribution in [2.45, 2.75) is 35.2 Å². The SMILES string of the molecule is O=C(NCCc1nn(C2CC2)cc1Sc1cc(Cl)ccn1)c1ccc2ncccc2c1. The fourth-order valence-corrected chi connectivity index (χ4v) is 4.53. The Kier molecular flexibility index (Phi) is 5.61. The lowest BCUT2D eigenvalue weighted by Crippen LogP contribution is -2.25. The van der Waals surface area contributed by atoms with Crippen molar-refractivity contribution < 1.29 is 4.79 Å². The average molecular weight is 450 g/mol. The van der Waals surface area contributed by atoms with Gasteiger partial charge in [-0.25, -0.2) is 4.98 Å². The van der Waals surface area contributed by atoms with Crippen LogP contribution in [0.5, 0.6) is 0 Å². The molecule has 0 radical (unpaired) electrons. The zero-order chi connectivity index (χ0) is 21.2. The number of nitrogens with one attached hydrogen (secondary N) is 1. The maximum atomic E-state index is 12.6. The van der Waals surface area contributed by atoms with E-state index in [1.165, 1.54) is 0 Å². The number of amides is 1. The largest absolute Gasteiger partial charge is 0.352 e. The second-order valence-electron chi connectivity index (χ2n) is 7.48. The van der Waals surface area contributed by atoms with Gasteiger partial charge in [0, 0.05) is 47.5 Å². The van der Waals surface area contributed by atoms with E-state index < -0.39 is 0 Å². The Labute approximate surface area is 189 Å². The highest BCUT2D eigenvalue weighted by atomic mass is 35.5. The number of rotatable bonds is 7. The predicted octanol–water partition coefficient (Wildman–Crippen LogP) is 4.94. The number of aromatic nitrogens is 4. The molecule has 0 aliphatic heterocycles. The smallest absolute Gasteiger partial charge is 0.251 e. The van der Waals surface area contributed by atoms with Gasteiger partial charge in [-0.3, -0.25) is 14.5 Å². The van der Waals surface area contributed by atoms with Crippen LogP contribution in [0, 0.1) is 0 Å². The van der Waals surface area contributed by atoms with Crippen LogP contribution >= 0.6 is 23.4 Å². The molecular weight excluding hydrogens is 430 g/mol. The number of carbonyl (C=O) groups excluding carboxylic acids is 1. The first-order valence-corrected chi connectivity index (χ1v) is 11.4. The van der Waals surface area contributed by atoms with Crippen LogP contribution < -0.4 is 5.32 Å². The summed E-state index contributed by atoms with van der Waals surface area (Å²) in [5, 5.41) is 10.2. The van der Waals surface area contributed by atoms with Gasteiger partial charge in [0.1, 0.15) is 5.03 Å². The van der Waals surface area contributed by atoms with Gasteiger partial charge >= 0.3 is 0 Å². The molecule has 8 heteroatoms. The molecule has 0 atom stereocenters. The van der Waals surface area contributed by atoms with Crippen molar-refractivity contribution in [1.29, 1.82) is 0 Å². The molecule has 156 valence electrons. The molecule has 4 aromatic rings. The van der Waals surface area contributed by atoms with Gasteiger partial charge in [-0.2, -0.15) is 5.10 Å². The molecule has 1 aliphatic carbocycles. The molecule has 5 rings (SSSR count). The van der Waals surface area contributed by atoms with Gasteiger partial charge in [-0.15, -0.1) is 0 Å². The Morgan fingerprint density at radius 1 is 1.16 bits per heavy atom. The Hall–Kier alpha value is -2.90. The molecule has 6 nitrogen and oxygen atoms in total. The lowest BCUT2D eigenvalue weighted by atomic mass is 10.1. The number of hydrogen-bond donors (Lipinski definition) is 1. The van der Waals surface area contributed by atoms with E-state index in [0.717, 1.165) is 39.4 Å². The Morgan fingerprint density at radius 2 is 2.06 bits per heavy atom. The van der Waals surface area contributed by atoms with Crippen LogP contribution in [-0.2, 0) is 6.42 Å². The summed E-state index contributed by atoms with van der Waals surface area (Å²) in [4.78, 5) is 22.4. The predicted molar refractivity (Wildman–Crippen MR) is 122 cm³/mol. The average Bonchev–Trinajstić information content (AvgIpc) is 3.56. The quantitative estimate of drug-likeness (QED) is 0.432. The number of fused-ring (bicyclic) bond motifs is 1. The number of carbonyl (C=O) groups is 1. The second kappa shape index (κ2) is 8.69. The molecular formula is C23H20ClN5OS. The monoisotopic (exact) mass is 449 g/mol. The van der Waals surface area contributed by atoms with Gasteiger partial charge in [0.15, 0.2) is 0 Å². The minimum Gasteiger partial charge on any atom is -0.352 e. The fraction of sp³-hybridized carbons (Fsp3) is 0.217. The molecule has 0 unspecified atom stereocenters. The van der Waals surface area contributed by atoms with Gasteiger partial charge in [0.2, 0.25) is 0 Å². The zero-order valence-corrected chi connectivity index (χ0v) is 18.2. The number of halogens is 1. The number of benzene rings is 1. The van der Waals surface area contributed by atoms with Crippen molar-refractivity contribution in [2.75, 3.05) is 6.54 Å².